The van der Waals surface area contributed by atoms with Crippen LogP contribution in [0.2, 0.25) is 0 Å². The monoisotopic (exact) mass is 334 g/mol. The van der Waals surface area contributed by atoms with Crippen molar-refractivity contribution in [2.75, 3.05) is 0 Å². The predicted molar refractivity (Wildman–Crippen MR) is 70.5 cm³/mol. The van der Waals surface area contributed by atoms with Gasteiger partial charge in [-0.15, -0.1) is 0 Å². The summed E-state index contributed by atoms with van der Waals surface area (Å²) in [7, 11) is 0. The SMILES string of the molecule is CCC(=O)CCCn1c(C)ncc(I)c1=O. The first-order valence-electron chi connectivity index (χ1n) is 5.30. The van der Waals surface area contributed by atoms with Gasteiger partial charge in [-0.3, -0.25) is 14.2 Å². The van der Waals surface area contributed by atoms with Crippen molar-refractivity contribution in [2.45, 2.75) is 39.7 Å². The Labute approximate surface area is 108 Å². The first-order chi connectivity index (χ1) is 7.56. The molecule has 0 saturated heterocycles. The number of carbonyl (C=O) groups excluding carboxylic acids is 1. The number of ketones is 1. The van der Waals surface area contributed by atoms with Gasteiger partial charge in [0.1, 0.15) is 11.6 Å². The van der Waals surface area contributed by atoms with E-state index in [1.54, 1.807) is 17.7 Å². The highest BCUT2D eigenvalue weighted by molar-refractivity contribution is 14.1. The largest absolute Gasteiger partial charge is 0.300 e. The normalized spacial score (nSPS) is 10.4. The summed E-state index contributed by atoms with van der Waals surface area (Å²) in [4.78, 5) is 27.0. The molecule has 0 aromatic carbocycles. The van der Waals surface area contributed by atoms with E-state index in [1.165, 1.54) is 0 Å². The van der Waals surface area contributed by atoms with Crippen LogP contribution in [0.5, 0.6) is 0 Å². The smallest absolute Gasteiger partial charge is 0.266 e. The molecular formula is C11H15IN2O2. The van der Waals surface area contributed by atoms with Crippen LogP contribution in [0, 0.1) is 10.5 Å². The highest BCUT2D eigenvalue weighted by atomic mass is 127. The summed E-state index contributed by atoms with van der Waals surface area (Å²) < 4.78 is 2.25. The van der Waals surface area contributed by atoms with E-state index >= 15 is 0 Å². The number of rotatable bonds is 5. The fourth-order valence-electron chi connectivity index (χ4n) is 1.43. The molecule has 0 radical (unpaired) electrons. The van der Waals surface area contributed by atoms with Crippen molar-refractivity contribution in [3.8, 4) is 0 Å². The molecule has 0 aliphatic carbocycles. The maximum absolute atomic E-state index is 11.8. The number of aryl methyl sites for hydroxylation is 1. The van der Waals surface area contributed by atoms with E-state index in [0.717, 1.165) is 0 Å². The molecule has 0 unspecified atom stereocenters. The van der Waals surface area contributed by atoms with Crippen molar-refractivity contribution in [1.29, 1.82) is 0 Å². The number of aromatic nitrogens is 2. The fraction of sp³-hybridized carbons (Fsp3) is 0.545. The molecule has 1 aromatic rings. The van der Waals surface area contributed by atoms with E-state index in [2.05, 4.69) is 4.98 Å². The number of nitrogens with zero attached hydrogens (tertiary/aromatic N) is 2. The van der Waals surface area contributed by atoms with Gasteiger partial charge in [0.05, 0.1) is 3.57 Å². The zero-order valence-electron chi connectivity index (χ0n) is 9.49. The average molecular weight is 334 g/mol. The van der Waals surface area contributed by atoms with Crippen LogP contribution in [-0.4, -0.2) is 15.3 Å². The summed E-state index contributed by atoms with van der Waals surface area (Å²) in [5.74, 6) is 0.943. The van der Waals surface area contributed by atoms with E-state index in [4.69, 9.17) is 0 Å². The molecule has 0 amide bonds. The molecule has 4 nitrogen and oxygen atoms in total. The topological polar surface area (TPSA) is 52.0 Å². The lowest BCUT2D eigenvalue weighted by Gasteiger charge is -2.08. The lowest BCUT2D eigenvalue weighted by atomic mass is 10.2. The summed E-state index contributed by atoms with van der Waals surface area (Å²) in [5.41, 5.74) is -0.0166. The molecule has 1 heterocycles. The van der Waals surface area contributed by atoms with Crippen molar-refractivity contribution >= 4 is 28.4 Å². The van der Waals surface area contributed by atoms with Crippen LogP contribution in [0.1, 0.15) is 32.0 Å². The third kappa shape index (κ3) is 3.40. The second-order valence-electron chi connectivity index (χ2n) is 3.61. The molecule has 0 N–H and O–H groups in total. The Bertz CT molecular complexity index is 440. The molecule has 0 spiro atoms. The molecule has 5 heteroatoms. The lowest BCUT2D eigenvalue weighted by molar-refractivity contribution is -0.118. The minimum absolute atomic E-state index is 0.0166. The Balaban J connectivity index is 2.71. The van der Waals surface area contributed by atoms with Gasteiger partial charge in [0.2, 0.25) is 0 Å². The third-order valence-electron chi connectivity index (χ3n) is 2.44. The molecular weight excluding hydrogens is 319 g/mol. The molecule has 0 aliphatic rings. The highest BCUT2D eigenvalue weighted by Gasteiger charge is 2.05. The van der Waals surface area contributed by atoms with Gasteiger partial charge in [0, 0.05) is 25.6 Å². The van der Waals surface area contributed by atoms with E-state index < -0.39 is 0 Å². The standard InChI is InChI=1S/C11H15IN2O2/c1-3-9(15)5-4-6-14-8(2)13-7-10(12)11(14)16/h7H,3-6H2,1-2H3. The van der Waals surface area contributed by atoms with Gasteiger partial charge < -0.3 is 0 Å². The zero-order chi connectivity index (χ0) is 12.1. The molecule has 0 saturated carbocycles. The van der Waals surface area contributed by atoms with Crippen LogP contribution < -0.4 is 5.56 Å². The van der Waals surface area contributed by atoms with Crippen molar-refractivity contribution in [1.82, 2.24) is 9.55 Å². The summed E-state index contributed by atoms with van der Waals surface area (Å²) >= 11 is 1.98. The predicted octanol–water partition coefficient (Wildman–Crippen LogP) is 1.92. The average Bonchev–Trinajstić information content (AvgIpc) is 2.28. The van der Waals surface area contributed by atoms with Gasteiger partial charge in [-0.05, 0) is 35.9 Å². The lowest BCUT2D eigenvalue weighted by Crippen LogP contribution is -2.25. The summed E-state index contributed by atoms with van der Waals surface area (Å²) in [6.07, 6.45) is 3.38. The minimum atomic E-state index is -0.0166. The Morgan fingerprint density at radius 1 is 1.56 bits per heavy atom. The van der Waals surface area contributed by atoms with Crippen LogP contribution in [0.25, 0.3) is 0 Å². The van der Waals surface area contributed by atoms with E-state index in [-0.39, 0.29) is 11.3 Å². The van der Waals surface area contributed by atoms with Crippen LogP contribution in [-0.2, 0) is 11.3 Å². The fourth-order valence-corrected chi connectivity index (χ4v) is 1.86. The van der Waals surface area contributed by atoms with E-state index in [0.29, 0.717) is 35.2 Å². The minimum Gasteiger partial charge on any atom is -0.300 e. The Morgan fingerprint density at radius 2 is 2.25 bits per heavy atom. The van der Waals surface area contributed by atoms with Crippen molar-refractivity contribution in [2.24, 2.45) is 0 Å². The third-order valence-corrected chi connectivity index (χ3v) is 3.18. The molecule has 16 heavy (non-hydrogen) atoms. The number of halogens is 1. The molecule has 88 valence electrons. The number of Topliss-reactive ketones (excluding diaryl/α,β-unsaturated/α-hetero) is 1. The molecule has 0 aliphatic heterocycles. The summed E-state index contributed by atoms with van der Waals surface area (Å²) in [5, 5.41) is 0. The van der Waals surface area contributed by atoms with E-state index in [9.17, 15) is 9.59 Å². The molecule has 1 aromatic heterocycles. The molecule has 0 fully saturated rings. The highest BCUT2D eigenvalue weighted by Crippen LogP contribution is 2.01. The second-order valence-corrected chi connectivity index (χ2v) is 4.77. The Morgan fingerprint density at radius 3 is 2.88 bits per heavy atom. The van der Waals surface area contributed by atoms with Gasteiger partial charge >= 0.3 is 0 Å². The first-order valence-corrected chi connectivity index (χ1v) is 6.37. The van der Waals surface area contributed by atoms with Crippen molar-refractivity contribution in [3.05, 3.63) is 25.9 Å². The number of carbonyl (C=O) groups is 1. The van der Waals surface area contributed by atoms with Crippen LogP contribution >= 0.6 is 22.6 Å². The van der Waals surface area contributed by atoms with Crippen LogP contribution in [0.3, 0.4) is 0 Å². The Kier molecular flexibility index (Phi) is 5.11. The summed E-state index contributed by atoms with van der Waals surface area (Å²) in [6.45, 7) is 4.23. The van der Waals surface area contributed by atoms with Crippen molar-refractivity contribution < 1.29 is 4.79 Å². The van der Waals surface area contributed by atoms with Crippen LogP contribution in [0.4, 0.5) is 0 Å². The maximum Gasteiger partial charge on any atom is 0.266 e. The van der Waals surface area contributed by atoms with Gasteiger partial charge in [-0.1, -0.05) is 6.92 Å². The molecule has 0 bridgehead atoms. The second kappa shape index (κ2) is 6.12. The quantitative estimate of drug-likeness (QED) is 0.773. The number of hydrogen-bond acceptors (Lipinski definition) is 3. The van der Waals surface area contributed by atoms with Gasteiger partial charge in [-0.2, -0.15) is 0 Å². The van der Waals surface area contributed by atoms with Gasteiger partial charge in [0.15, 0.2) is 0 Å². The molecule has 0 atom stereocenters. The van der Waals surface area contributed by atoms with Gasteiger partial charge in [-0.25, -0.2) is 4.98 Å². The maximum atomic E-state index is 11.8. The molecule has 1 rings (SSSR count). The zero-order valence-corrected chi connectivity index (χ0v) is 11.7. The summed E-state index contributed by atoms with van der Waals surface area (Å²) in [6, 6.07) is 0. The first kappa shape index (κ1) is 13.3. The van der Waals surface area contributed by atoms with Gasteiger partial charge in [0.25, 0.3) is 5.56 Å². The van der Waals surface area contributed by atoms with E-state index in [1.807, 2.05) is 29.5 Å². The van der Waals surface area contributed by atoms with Crippen molar-refractivity contribution in [3.63, 3.8) is 0 Å². The Hall–Kier alpha value is -0.720. The van der Waals surface area contributed by atoms with Crippen LogP contribution in [0.15, 0.2) is 11.0 Å². The number of hydrogen-bond donors (Lipinski definition) is 0.